The van der Waals surface area contributed by atoms with Crippen LogP contribution in [0.2, 0.25) is 0 Å². The molecule has 3 nitrogen and oxygen atoms in total. The molecule has 1 atom stereocenters. The summed E-state index contributed by atoms with van der Waals surface area (Å²) in [6, 6.07) is 6.88. The minimum atomic E-state index is -2.25. The SMILES string of the molecule is NCc1ccccc1[P+](=O)O. The number of benzene rings is 1. The molecule has 0 aliphatic heterocycles. The van der Waals surface area contributed by atoms with Gasteiger partial charge in [0.15, 0.2) is 0 Å². The minimum absolute atomic E-state index is 0.303. The van der Waals surface area contributed by atoms with Crippen LogP contribution in [0, 0.1) is 0 Å². The summed E-state index contributed by atoms with van der Waals surface area (Å²) in [5, 5.41) is 0.435. The van der Waals surface area contributed by atoms with Gasteiger partial charge in [-0.2, -0.15) is 4.89 Å². The summed E-state index contributed by atoms with van der Waals surface area (Å²) in [7, 11) is -2.25. The predicted octanol–water partition coefficient (Wildman–Crippen LogP) is 0.505. The molecule has 0 saturated carbocycles. The topological polar surface area (TPSA) is 63.3 Å². The maximum absolute atomic E-state index is 10.7. The van der Waals surface area contributed by atoms with Crippen molar-refractivity contribution >= 4 is 13.3 Å². The summed E-state index contributed by atoms with van der Waals surface area (Å²) >= 11 is 0. The Kier molecular flexibility index (Phi) is 2.71. The van der Waals surface area contributed by atoms with Crippen molar-refractivity contribution < 1.29 is 9.46 Å². The summed E-state index contributed by atoms with van der Waals surface area (Å²) in [6.45, 7) is 0.303. The Bertz CT molecular complexity index is 275. The van der Waals surface area contributed by atoms with E-state index in [4.69, 9.17) is 10.6 Å². The molecular weight excluding hydrogens is 161 g/mol. The Hall–Kier alpha value is -0.760. The summed E-state index contributed by atoms with van der Waals surface area (Å²) in [4.78, 5) is 8.79. The Morgan fingerprint density at radius 1 is 1.45 bits per heavy atom. The highest BCUT2D eigenvalue weighted by Gasteiger charge is 2.19. The smallest absolute Gasteiger partial charge is 0.326 e. The third-order valence-electron chi connectivity index (χ3n) is 1.42. The largest absolute Gasteiger partial charge is 0.546 e. The van der Waals surface area contributed by atoms with Crippen molar-refractivity contribution in [1.29, 1.82) is 0 Å². The lowest BCUT2D eigenvalue weighted by atomic mass is 10.2. The molecule has 0 spiro atoms. The maximum Gasteiger partial charge on any atom is 0.546 e. The van der Waals surface area contributed by atoms with Gasteiger partial charge >= 0.3 is 8.03 Å². The standard InChI is InChI=1S/C7H8NO2P/c8-5-6-3-1-2-4-7(6)11(9)10/h1-4H,5,8H2/p+1. The fourth-order valence-electron chi connectivity index (χ4n) is 0.870. The second-order valence-electron chi connectivity index (χ2n) is 2.11. The zero-order chi connectivity index (χ0) is 8.27. The Labute approximate surface area is 65.7 Å². The van der Waals surface area contributed by atoms with Gasteiger partial charge < -0.3 is 5.73 Å². The second-order valence-corrected chi connectivity index (χ2v) is 3.13. The van der Waals surface area contributed by atoms with E-state index >= 15 is 0 Å². The first-order valence-corrected chi connectivity index (χ1v) is 4.41. The minimum Gasteiger partial charge on any atom is -0.326 e. The van der Waals surface area contributed by atoms with Crippen LogP contribution in [-0.2, 0) is 11.1 Å². The van der Waals surface area contributed by atoms with Gasteiger partial charge in [-0.15, -0.1) is 0 Å². The molecular formula is C7H9NO2P+. The maximum atomic E-state index is 10.7. The molecule has 0 amide bonds. The average Bonchev–Trinajstić information content (AvgIpc) is 2.04. The first-order chi connectivity index (χ1) is 5.25. The van der Waals surface area contributed by atoms with E-state index in [9.17, 15) is 4.57 Å². The molecule has 1 unspecified atom stereocenters. The summed E-state index contributed by atoms with van der Waals surface area (Å²) in [6.07, 6.45) is 0. The molecule has 0 fully saturated rings. The van der Waals surface area contributed by atoms with E-state index in [1.54, 1.807) is 24.3 Å². The predicted molar refractivity (Wildman–Crippen MR) is 43.8 cm³/mol. The van der Waals surface area contributed by atoms with Gasteiger partial charge in [0.05, 0.1) is 0 Å². The molecule has 11 heavy (non-hydrogen) atoms. The molecule has 3 N–H and O–H groups in total. The summed E-state index contributed by atoms with van der Waals surface area (Å²) in [5.41, 5.74) is 6.08. The molecule has 0 aliphatic carbocycles. The van der Waals surface area contributed by atoms with Crippen LogP contribution >= 0.6 is 8.03 Å². The number of rotatable bonds is 2. The van der Waals surface area contributed by atoms with E-state index in [1.807, 2.05) is 0 Å². The summed E-state index contributed by atoms with van der Waals surface area (Å²) in [5.74, 6) is 0. The Morgan fingerprint density at radius 3 is 2.55 bits per heavy atom. The van der Waals surface area contributed by atoms with Crippen molar-refractivity contribution in [3.63, 3.8) is 0 Å². The van der Waals surface area contributed by atoms with Gasteiger partial charge in [0, 0.05) is 12.1 Å². The Morgan fingerprint density at radius 2 is 2.09 bits per heavy atom. The quantitative estimate of drug-likeness (QED) is 0.635. The zero-order valence-corrected chi connectivity index (χ0v) is 6.79. The molecule has 0 saturated heterocycles. The summed E-state index contributed by atoms with van der Waals surface area (Å²) < 4.78 is 10.7. The number of hydrogen-bond acceptors (Lipinski definition) is 2. The van der Waals surface area contributed by atoms with Crippen molar-refractivity contribution in [2.75, 3.05) is 0 Å². The van der Waals surface area contributed by atoms with Gasteiger partial charge in [-0.25, -0.2) is 0 Å². The lowest BCUT2D eigenvalue weighted by Gasteiger charge is -1.92. The van der Waals surface area contributed by atoms with Gasteiger partial charge in [-0.3, -0.25) is 0 Å². The van der Waals surface area contributed by atoms with E-state index in [1.165, 1.54) is 0 Å². The molecule has 1 rings (SSSR count). The molecule has 0 aromatic heterocycles. The average molecular weight is 170 g/mol. The van der Waals surface area contributed by atoms with Crippen LogP contribution in [-0.4, -0.2) is 4.89 Å². The van der Waals surface area contributed by atoms with Gasteiger partial charge in [-0.1, -0.05) is 18.2 Å². The lowest BCUT2D eigenvalue weighted by molar-refractivity contribution is 0.513. The molecule has 58 valence electrons. The molecule has 4 heteroatoms. The van der Waals surface area contributed by atoms with E-state index in [-0.39, 0.29) is 0 Å². The normalized spacial score (nSPS) is 11.3. The second kappa shape index (κ2) is 3.58. The molecule has 1 aromatic carbocycles. The first-order valence-electron chi connectivity index (χ1n) is 3.20. The lowest BCUT2D eigenvalue weighted by Crippen LogP contribution is -2.09. The van der Waals surface area contributed by atoms with Crippen LogP contribution in [0.25, 0.3) is 0 Å². The molecule has 0 aliphatic rings. The third-order valence-corrected chi connectivity index (χ3v) is 2.27. The van der Waals surface area contributed by atoms with E-state index in [2.05, 4.69) is 0 Å². The van der Waals surface area contributed by atoms with Gasteiger partial charge in [0.1, 0.15) is 0 Å². The van der Waals surface area contributed by atoms with Crippen molar-refractivity contribution in [2.24, 2.45) is 5.73 Å². The van der Waals surface area contributed by atoms with Gasteiger partial charge in [-0.05, 0) is 10.6 Å². The van der Waals surface area contributed by atoms with Crippen molar-refractivity contribution in [2.45, 2.75) is 6.54 Å². The highest BCUT2D eigenvalue weighted by atomic mass is 31.1. The van der Waals surface area contributed by atoms with Crippen molar-refractivity contribution in [3.8, 4) is 0 Å². The van der Waals surface area contributed by atoms with Crippen LogP contribution in [0.1, 0.15) is 5.56 Å². The van der Waals surface area contributed by atoms with Crippen LogP contribution in [0.15, 0.2) is 24.3 Å². The van der Waals surface area contributed by atoms with Gasteiger partial charge in [0.2, 0.25) is 5.30 Å². The Balaban J connectivity index is 3.12. The highest BCUT2D eigenvalue weighted by Crippen LogP contribution is 2.15. The van der Waals surface area contributed by atoms with Crippen LogP contribution in [0.5, 0.6) is 0 Å². The van der Waals surface area contributed by atoms with Crippen LogP contribution < -0.4 is 11.0 Å². The van der Waals surface area contributed by atoms with Crippen LogP contribution in [0.4, 0.5) is 0 Å². The van der Waals surface area contributed by atoms with E-state index < -0.39 is 8.03 Å². The third kappa shape index (κ3) is 1.84. The molecule has 0 bridgehead atoms. The van der Waals surface area contributed by atoms with Crippen molar-refractivity contribution in [1.82, 2.24) is 0 Å². The first kappa shape index (κ1) is 8.34. The fourth-order valence-corrected chi connectivity index (χ4v) is 1.50. The highest BCUT2D eigenvalue weighted by molar-refractivity contribution is 7.47. The molecule has 0 heterocycles. The zero-order valence-electron chi connectivity index (χ0n) is 5.90. The van der Waals surface area contributed by atoms with Crippen LogP contribution in [0.3, 0.4) is 0 Å². The fraction of sp³-hybridized carbons (Fsp3) is 0.143. The van der Waals surface area contributed by atoms with E-state index in [0.717, 1.165) is 5.56 Å². The number of nitrogens with two attached hydrogens (primary N) is 1. The van der Waals surface area contributed by atoms with Gasteiger partial charge in [0.25, 0.3) is 0 Å². The number of hydrogen-bond donors (Lipinski definition) is 2. The molecule has 0 radical (unpaired) electrons. The van der Waals surface area contributed by atoms with Crippen molar-refractivity contribution in [3.05, 3.63) is 29.8 Å². The van der Waals surface area contributed by atoms with E-state index in [0.29, 0.717) is 11.8 Å². The monoisotopic (exact) mass is 170 g/mol. The molecule has 1 aromatic rings.